The van der Waals surface area contributed by atoms with Gasteiger partial charge in [0.1, 0.15) is 5.82 Å². The molecule has 0 aliphatic rings. The number of hydrogen-bond acceptors (Lipinski definition) is 5. The summed E-state index contributed by atoms with van der Waals surface area (Å²) in [5.41, 5.74) is 4.02. The second kappa shape index (κ2) is 10.8. The Bertz CT molecular complexity index is 1240. The SMILES string of the molecule is CC(C)NCCCn1ncc2cc(Nc3ccccc3CNC(=O)Nc3ccnn3C)ccc21. The monoisotopic (exact) mass is 460 g/mol. The normalized spacial score (nSPS) is 11.2. The maximum absolute atomic E-state index is 12.3. The lowest BCUT2D eigenvalue weighted by molar-refractivity contribution is 0.251. The first-order valence-corrected chi connectivity index (χ1v) is 11.6. The molecule has 0 unspecified atom stereocenters. The van der Waals surface area contributed by atoms with Gasteiger partial charge >= 0.3 is 6.03 Å². The van der Waals surface area contributed by atoms with Crippen molar-refractivity contribution in [3.63, 3.8) is 0 Å². The van der Waals surface area contributed by atoms with Gasteiger partial charge in [0.15, 0.2) is 0 Å². The number of rotatable bonds is 10. The molecule has 0 aliphatic carbocycles. The predicted molar refractivity (Wildman–Crippen MR) is 136 cm³/mol. The van der Waals surface area contributed by atoms with E-state index in [0.29, 0.717) is 18.4 Å². The fourth-order valence-corrected chi connectivity index (χ4v) is 3.75. The summed E-state index contributed by atoms with van der Waals surface area (Å²) in [5, 5.41) is 22.3. The number of hydrogen-bond donors (Lipinski definition) is 4. The standard InChI is InChI=1S/C25H32N8O/c1-18(2)26-12-6-14-33-23-10-9-21(15-20(23)17-29-33)30-22-8-5-4-7-19(22)16-27-25(34)31-24-11-13-28-32(24)3/h4-5,7-11,13,15,17-18,26,30H,6,12,14,16H2,1-3H3,(H2,27,31,34). The second-order valence-electron chi connectivity index (χ2n) is 8.53. The zero-order chi connectivity index (χ0) is 23.9. The Morgan fingerprint density at radius 1 is 1.09 bits per heavy atom. The van der Waals surface area contributed by atoms with Gasteiger partial charge in [0.05, 0.1) is 17.9 Å². The summed E-state index contributed by atoms with van der Waals surface area (Å²) in [6.45, 7) is 6.55. The number of para-hydroxylation sites is 1. The van der Waals surface area contributed by atoms with Gasteiger partial charge in [-0.1, -0.05) is 32.0 Å². The van der Waals surface area contributed by atoms with Gasteiger partial charge in [-0.25, -0.2) is 4.79 Å². The molecular formula is C25H32N8O. The van der Waals surface area contributed by atoms with Crippen LogP contribution in [0.25, 0.3) is 10.9 Å². The smallest absolute Gasteiger partial charge is 0.320 e. The summed E-state index contributed by atoms with van der Waals surface area (Å²) in [6.07, 6.45) is 4.58. The first kappa shape index (κ1) is 23.3. The van der Waals surface area contributed by atoms with E-state index in [2.05, 4.69) is 68.2 Å². The zero-order valence-corrected chi connectivity index (χ0v) is 19.9. The van der Waals surface area contributed by atoms with Crippen LogP contribution in [-0.2, 0) is 20.1 Å². The van der Waals surface area contributed by atoms with Gasteiger partial charge in [-0.05, 0) is 42.8 Å². The maximum atomic E-state index is 12.3. The average Bonchev–Trinajstić information content (AvgIpc) is 3.41. The highest BCUT2D eigenvalue weighted by atomic mass is 16.2. The van der Waals surface area contributed by atoms with E-state index in [0.717, 1.165) is 47.4 Å². The van der Waals surface area contributed by atoms with E-state index in [4.69, 9.17) is 0 Å². The molecular weight excluding hydrogens is 428 g/mol. The Morgan fingerprint density at radius 3 is 2.74 bits per heavy atom. The Hall–Kier alpha value is -3.85. The van der Waals surface area contributed by atoms with Crippen LogP contribution >= 0.6 is 0 Å². The molecule has 34 heavy (non-hydrogen) atoms. The van der Waals surface area contributed by atoms with Crippen LogP contribution in [0.15, 0.2) is 60.9 Å². The first-order valence-electron chi connectivity index (χ1n) is 11.6. The van der Waals surface area contributed by atoms with E-state index >= 15 is 0 Å². The second-order valence-corrected chi connectivity index (χ2v) is 8.53. The first-order chi connectivity index (χ1) is 16.5. The molecule has 178 valence electrons. The van der Waals surface area contributed by atoms with Crippen LogP contribution in [0.5, 0.6) is 0 Å². The quantitative estimate of drug-likeness (QED) is 0.266. The predicted octanol–water partition coefficient (Wildman–Crippen LogP) is 4.22. The van der Waals surface area contributed by atoms with Gasteiger partial charge in [0.2, 0.25) is 0 Å². The molecule has 0 fully saturated rings. The minimum absolute atomic E-state index is 0.282. The number of nitrogens with zero attached hydrogens (tertiary/aromatic N) is 4. The zero-order valence-electron chi connectivity index (χ0n) is 19.9. The fraction of sp³-hybridized carbons (Fsp3) is 0.320. The van der Waals surface area contributed by atoms with Gasteiger partial charge in [-0.2, -0.15) is 10.2 Å². The summed E-state index contributed by atoms with van der Waals surface area (Å²) < 4.78 is 3.66. The molecule has 0 atom stereocenters. The topological polar surface area (TPSA) is 101 Å². The number of anilines is 3. The van der Waals surface area contributed by atoms with Crippen molar-refractivity contribution in [1.82, 2.24) is 30.2 Å². The Labute approximate surface area is 199 Å². The number of aromatic nitrogens is 4. The van der Waals surface area contributed by atoms with Gasteiger partial charge in [0, 0.05) is 49.0 Å². The average molecular weight is 461 g/mol. The van der Waals surface area contributed by atoms with Crippen molar-refractivity contribution in [2.75, 3.05) is 17.2 Å². The number of amides is 2. The van der Waals surface area contributed by atoms with Crippen molar-refractivity contribution in [1.29, 1.82) is 0 Å². The van der Waals surface area contributed by atoms with Crippen molar-refractivity contribution < 1.29 is 4.79 Å². The molecule has 4 rings (SSSR count). The minimum Gasteiger partial charge on any atom is -0.355 e. The van der Waals surface area contributed by atoms with Crippen LogP contribution in [0.3, 0.4) is 0 Å². The van der Waals surface area contributed by atoms with Crippen molar-refractivity contribution in [2.24, 2.45) is 7.05 Å². The molecule has 0 saturated carbocycles. The third kappa shape index (κ3) is 5.93. The van der Waals surface area contributed by atoms with Gasteiger partial charge in [-0.15, -0.1) is 0 Å². The summed E-state index contributed by atoms with van der Waals surface area (Å²) in [5.74, 6) is 0.633. The fourth-order valence-electron chi connectivity index (χ4n) is 3.75. The molecule has 4 aromatic rings. The molecule has 0 bridgehead atoms. The largest absolute Gasteiger partial charge is 0.355 e. The molecule has 2 aromatic carbocycles. The highest BCUT2D eigenvalue weighted by Crippen LogP contribution is 2.25. The van der Waals surface area contributed by atoms with E-state index < -0.39 is 0 Å². The molecule has 0 saturated heterocycles. The van der Waals surface area contributed by atoms with E-state index in [1.807, 2.05) is 30.5 Å². The summed E-state index contributed by atoms with van der Waals surface area (Å²) in [7, 11) is 1.78. The van der Waals surface area contributed by atoms with Crippen molar-refractivity contribution in [3.8, 4) is 0 Å². The lowest BCUT2D eigenvalue weighted by Crippen LogP contribution is -2.29. The highest BCUT2D eigenvalue weighted by Gasteiger charge is 2.09. The third-order valence-electron chi connectivity index (χ3n) is 5.54. The van der Waals surface area contributed by atoms with E-state index in [9.17, 15) is 4.79 Å². The van der Waals surface area contributed by atoms with Gasteiger partial charge in [0.25, 0.3) is 0 Å². The molecule has 2 aromatic heterocycles. The molecule has 4 N–H and O–H groups in total. The van der Waals surface area contributed by atoms with E-state index in [-0.39, 0.29) is 6.03 Å². The molecule has 0 radical (unpaired) electrons. The van der Waals surface area contributed by atoms with E-state index in [1.165, 1.54) is 0 Å². The van der Waals surface area contributed by atoms with Crippen LogP contribution in [0.4, 0.5) is 22.0 Å². The molecule has 0 aliphatic heterocycles. The number of carbonyl (C=O) groups is 1. The number of benzene rings is 2. The van der Waals surface area contributed by atoms with Crippen LogP contribution in [0.2, 0.25) is 0 Å². The number of aryl methyl sites for hydroxylation is 2. The Balaban J connectivity index is 1.38. The lowest BCUT2D eigenvalue weighted by atomic mass is 10.1. The van der Waals surface area contributed by atoms with Crippen LogP contribution in [-0.4, -0.2) is 38.2 Å². The van der Waals surface area contributed by atoms with Crippen molar-refractivity contribution >= 4 is 34.1 Å². The molecule has 2 amide bonds. The maximum Gasteiger partial charge on any atom is 0.320 e. The Kier molecular flexibility index (Phi) is 7.44. The van der Waals surface area contributed by atoms with Crippen molar-refractivity contribution in [2.45, 2.75) is 39.4 Å². The molecule has 2 heterocycles. The van der Waals surface area contributed by atoms with Gasteiger partial charge < -0.3 is 16.0 Å². The number of urea groups is 1. The van der Waals surface area contributed by atoms with Gasteiger partial charge in [-0.3, -0.25) is 14.7 Å². The number of carbonyl (C=O) groups excluding carboxylic acids is 1. The lowest BCUT2D eigenvalue weighted by Gasteiger charge is -2.14. The molecule has 9 nitrogen and oxygen atoms in total. The highest BCUT2D eigenvalue weighted by molar-refractivity contribution is 5.88. The summed E-state index contributed by atoms with van der Waals surface area (Å²) in [6, 6.07) is 16.2. The van der Waals surface area contributed by atoms with Crippen molar-refractivity contribution in [3.05, 3.63) is 66.5 Å². The number of fused-ring (bicyclic) bond motifs is 1. The van der Waals surface area contributed by atoms with Crippen LogP contribution in [0.1, 0.15) is 25.8 Å². The number of nitrogens with one attached hydrogen (secondary N) is 4. The summed E-state index contributed by atoms with van der Waals surface area (Å²) in [4.78, 5) is 12.3. The Morgan fingerprint density at radius 2 is 1.94 bits per heavy atom. The minimum atomic E-state index is -0.282. The third-order valence-corrected chi connectivity index (χ3v) is 5.54. The molecule has 9 heteroatoms. The van der Waals surface area contributed by atoms with Crippen LogP contribution < -0.4 is 21.3 Å². The summed E-state index contributed by atoms with van der Waals surface area (Å²) >= 11 is 0. The van der Waals surface area contributed by atoms with E-state index in [1.54, 1.807) is 24.0 Å². The molecule has 0 spiro atoms. The van der Waals surface area contributed by atoms with Crippen LogP contribution in [0, 0.1) is 0 Å².